The van der Waals surface area contributed by atoms with E-state index in [2.05, 4.69) is 15.3 Å². The number of aromatic nitrogens is 1. The van der Waals surface area contributed by atoms with Crippen LogP contribution < -0.4 is 5.43 Å². The van der Waals surface area contributed by atoms with E-state index in [-0.39, 0.29) is 5.82 Å². The van der Waals surface area contributed by atoms with Crippen molar-refractivity contribution < 1.29 is 8.78 Å². The van der Waals surface area contributed by atoms with Crippen molar-refractivity contribution in [2.24, 2.45) is 0 Å². The molecule has 1 aliphatic rings. The molecule has 88 valence electrons. The van der Waals surface area contributed by atoms with Crippen molar-refractivity contribution in [3.63, 3.8) is 0 Å². The topological polar surface area (TPSA) is 31.4 Å². The van der Waals surface area contributed by atoms with Crippen LogP contribution in [0.2, 0.25) is 0 Å². The molecule has 1 saturated heterocycles. The average molecular weight is 228 g/mol. The number of nitrogens with zero attached hydrogens (tertiary/aromatic N) is 3. The normalized spacial score (nSPS) is 18.7. The zero-order valence-corrected chi connectivity index (χ0v) is 9.08. The average Bonchev–Trinajstić information content (AvgIpc) is 2.25. The van der Waals surface area contributed by atoms with E-state index < -0.39 is 11.6 Å². The van der Waals surface area contributed by atoms with Crippen molar-refractivity contribution >= 4 is 5.82 Å². The van der Waals surface area contributed by atoms with Gasteiger partial charge in [-0.05, 0) is 7.05 Å². The summed E-state index contributed by atoms with van der Waals surface area (Å²) in [5.74, 6) is -1.26. The second kappa shape index (κ2) is 4.71. The Hall–Kier alpha value is -1.27. The molecular weight excluding hydrogens is 214 g/mol. The van der Waals surface area contributed by atoms with E-state index in [1.54, 1.807) is 0 Å². The van der Waals surface area contributed by atoms with Crippen molar-refractivity contribution in [1.82, 2.24) is 14.9 Å². The van der Waals surface area contributed by atoms with Crippen LogP contribution in [0.15, 0.2) is 12.3 Å². The predicted octanol–water partition coefficient (Wildman–Crippen LogP) is 0.934. The van der Waals surface area contributed by atoms with Gasteiger partial charge < -0.3 is 10.3 Å². The predicted molar refractivity (Wildman–Crippen MR) is 56.8 cm³/mol. The molecule has 2 heterocycles. The molecule has 1 aromatic heterocycles. The molecule has 2 rings (SSSR count). The van der Waals surface area contributed by atoms with Crippen LogP contribution in [0.4, 0.5) is 14.6 Å². The summed E-state index contributed by atoms with van der Waals surface area (Å²) in [4.78, 5) is 5.86. The lowest BCUT2D eigenvalue weighted by molar-refractivity contribution is 0.178. The minimum absolute atomic E-state index is 0.0750. The Morgan fingerprint density at radius 2 is 1.94 bits per heavy atom. The lowest BCUT2D eigenvalue weighted by atomic mass is 10.4. The smallest absolute Gasteiger partial charge is 0.177 e. The number of nitrogens with one attached hydrogen (secondary N) is 1. The fourth-order valence-electron chi connectivity index (χ4n) is 1.56. The van der Waals surface area contributed by atoms with Gasteiger partial charge in [-0.25, -0.2) is 18.8 Å². The third kappa shape index (κ3) is 2.65. The van der Waals surface area contributed by atoms with Crippen LogP contribution in [0.5, 0.6) is 0 Å². The Labute approximate surface area is 92.8 Å². The van der Waals surface area contributed by atoms with Gasteiger partial charge in [-0.1, -0.05) is 0 Å². The van der Waals surface area contributed by atoms with Crippen LogP contribution in [0.3, 0.4) is 0 Å². The molecule has 0 unspecified atom stereocenters. The largest absolute Gasteiger partial charge is 0.304 e. The molecule has 0 amide bonds. The van der Waals surface area contributed by atoms with Gasteiger partial charge in [-0.3, -0.25) is 0 Å². The monoisotopic (exact) mass is 228 g/mol. The highest BCUT2D eigenvalue weighted by atomic mass is 19.1. The van der Waals surface area contributed by atoms with Crippen molar-refractivity contribution in [1.29, 1.82) is 0 Å². The number of hydrogen-bond acceptors (Lipinski definition) is 4. The molecule has 16 heavy (non-hydrogen) atoms. The molecule has 0 radical (unpaired) electrons. The van der Waals surface area contributed by atoms with Crippen LogP contribution in [-0.2, 0) is 0 Å². The highest BCUT2D eigenvalue weighted by Gasteiger charge is 2.15. The first kappa shape index (κ1) is 11.2. The molecule has 0 bridgehead atoms. The zero-order valence-electron chi connectivity index (χ0n) is 9.08. The quantitative estimate of drug-likeness (QED) is 0.816. The molecule has 0 atom stereocenters. The maximum Gasteiger partial charge on any atom is 0.177 e. The summed E-state index contributed by atoms with van der Waals surface area (Å²) in [5, 5.41) is 1.88. The number of piperazine rings is 1. The Balaban J connectivity index is 1.98. The highest BCUT2D eigenvalue weighted by molar-refractivity contribution is 5.34. The molecule has 1 N–H and O–H groups in total. The Morgan fingerprint density at radius 1 is 1.25 bits per heavy atom. The first-order valence-corrected chi connectivity index (χ1v) is 5.16. The van der Waals surface area contributed by atoms with E-state index in [9.17, 15) is 8.78 Å². The fourth-order valence-corrected chi connectivity index (χ4v) is 1.56. The van der Waals surface area contributed by atoms with E-state index in [0.717, 1.165) is 38.4 Å². The van der Waals surface area contributed by atoms with E-state index in [4.69, 9.17) is 0 Å². The summed E-state index contributed by atoms with van der Waals surface area (Å²) < 4.78 is 25.9. The van der Waals surface area contributed by atoms with Gasteiger partial charge in [0.05, 0.1) is 6.20 Å². The summed E-state index contributed by atoms with van der Waals surface area (Å²) in [7, 11) is 2.04. The summed E-state index contributed by atoms with van der Waals surface area (Å²) in [6.45, 7) is 3.40. The van der Waals surface area contributed by atoms with Gasteiger partial charge in [-0.2, -0.15) is 0 Å². The summed E-state index contributed by atoms with van der Waals surface area (Å²) in [6.07, 6.45) is 1.00. The molecule has 0 aromatic carbocycles. The van der Waals surface area contributed by atoms with Gasteiger partial charge in [0.25, 0.3) is 0 Å². The molecule has 1 aromatic rings. The fraction of sp³-hybridized carbons (Fsp3) is 0.500. The maximum atomic E-state index is 13.3. The molecule has 0 aliphatic carbocycles. The van der Waals surface area contributed by atoms with Gasteiger partial charge >= 0.3 is 0 Å². The lowest BCUT2D eigenvalue weighted by Gasteiger charge is -2.32. The Morgan fingerprint density at radius 3 is 2.56 bits per heavy atom. The van der Waals surface area contributed by atoms with Crippen LogP contribution in [0.25, 0.3) is 0 Å². The summed E-state index contributed by atoms with van der Waals surface area (Å²) in [6, 6.07) is 0.825. The first-order valence-electron chi connectivity index (χ1n) is 5.16. The standard InChI is InChI=1S/C10H14F2N4/c1-15-2-4-16(5-3-15)14-10-9(12)6-8(11)7-13-10/h6-7H,2-5H2,1H3,(H,13,14). The van der Waals surface area contributed by atoms with Gasteiger partial charge in [0.15, 0.2) is 11.6 Å². The highest BCUT2D eigenvalue weighted by Crippen LogP contribution is 2.12. The van der Waals surface area contributed by atoms with Crippen LogP contribution >= 0.6 is 0 Å². The maximum absolute atomic E-state index is 13.3. The molecule has 0 saturated carbocycles. The molecule has 0 spiro atoms. The zero-order chi connectivity index (χ0) is 11.5. The van der Waals surface area contributed by atoms with Crippen molar-refractivity contribution in [2.75, 3.05) is 38.7 Å². The number of hydrogen-bond donors (Lipinski definition) is 1. The number of halogens is 2. The van der Waals surface area contributed by atoms with Crippen LogP contribution in [-0.4, -0.2) is 48.1 Å². The number of likely N-dealkylation sites (N-methyl/N-ethyl adjacent to an activating group) is 1. The van der Waals surface area contributed by atoms with Crippen LogP contribution in [0, 0.1) is 11.6 Å². The number of hydrazine groups is 1. The van der Waals surface area contributed by atoms with Gasteiger partial charge in [0.2, 0.25) is 0 Å². The Kier molecular flexibility index (Phi) is 3.31. The van der Waals surface area contributed by atoms with Crippen molar-refractivity contribution in [3.05, 3.63) is 23.9 Å². The molecule has 1 aliphatic heterocycles. The van der Waals surface area contributed by atoms with Crippen molar-refractivity contribution in [3.8, 4) is 0 Å². The third-order valence-corrected chi connectivity index (χ3v) is 2.58. The number of rotatable bonds is 2. The molecular formula is C10H14F2N4. The summed E-state index contributed by atoms with van der Waals surface area (Å²) in [5.41, 5.74) is 2.85. The van der Waals surface area contributed by atoms with E-state index in [1.165, 1.54) is 0 Å². The number of pyridine rings is 1. The Bertz CT molecular complexity index is 364. The van der Waals surface area contributed by atoms with Gasteiger partial charge in [-0.15, -0.1) is 0 Å². The van der Waals surface area contributed by atoms with Crippen molar-refractivity contribution in [2.45, 2.75) is 0 Å². The number of anilines is 1. The van der Waals surface area contributed by atoms with E-state index in [0.29, 0.717) is 0 Å². The lowest BCUT2D eigenvalue weighted by Crippen LogP contribution is -2.47. The van der Waals surface area contributed by atoms with Gasteiger partial charge in [0.1, 0.15) is 5.82 Å². The minimum atomic E-state index is -0.668. The van der Waals surface area contributed by atoms with Crippen LogP contribution in [0.1, 0.15) is 0 Å². The third-order valence-electron chi connectivity index (χ3n) is 2.58. The molecule has 1 fully saturated rings. The first-order chi connectivity index (χ1) is 7.65. The summed E-state index contributed by atoms with van der Waals surface area (Å²) >= 11 is 0. The van der Waals surface area contributed by atoms with E-state index >= 15 is 0 Å². The minimum Gasteiger partial charge on any atom is -0.304 e. The van der Waals surface area contributed by atoms with Gasteiger partial charge in [0, 0.05) is 32.2 Å². The second-order valence-electron chi connectivity index (χ2n) is 3.89. The molecule has 6 heteroatoms. The van der Waals surface area contributed by atoms with E-state index in [1.807, 2.05) is 12.1 Å². The SMILES string of the molecule is CN1CCN(Nc2ncc(F)cc2F)CC1. The second-order valence-corrected chi connectivity index (χ2v) is 3.89. The molecule has 4 nitrogen and oxygen atoms in total.